The van der Waals surface area contributed by atoms with Crippen LogP contribution in [0.25, 0.3) is 0 Å². The monoisotopic (exact) mass is 408 g/mol. The van der Waals surface area contributed by atoms with E-state index in [0.29, 0.717) is 18.1 Å². The van der Waals surface area contributed by atoms with Gasteiger partial charge in [0.25, 0.3) is 0 Å². The van der Waals surface area contributed by atoms with E-state index < -0.39 is 35.0 Å². The predicted molar refractivity (Wildman–Crippen MR) is 102 cm³/mol. The lowest BCUT2D eigenvalue weighted by Crippen LogP contribution is -2.15. The van der Waals surface area contributed by atoms with Gasteiger partial charge in [0.05, 0.1) is 5.56 Å². The Balaban J connectivity index is 1.59. The van der Waals surface area contributed by atoms with E-state index in [-0.39, 0.29) is 5.56 Å². The smallest absolute Gasteiger partial charge is 0.346 e. The van der Waals surface area contributed by atoms with Gasteiger partial charge in [0.15, 0.2) is 17.5 Å². The van der Waals surface area contributed by atoms with Crippen LogP contribution >= 0.6 is 0 Å². The lowest BCUT2D eigenvalue weighted by atomic mass is 9.78. The standard InChI is InChI=1S/C23H24F4O2/c1-2-14-3-5-15(6-4-14)7-8-16-9-10-18(19(24)11-16)23(28)29-17-12-20(25)22(27)21(26)13-17/h9-15H,2-8H2,1H3. The number of hydrogen-bond donors (Lipinski definition) is 0. The Kier molecular flexibility index (Phi) is 6.93. The van der Waals surface area contributed by atoms with Crippen molar-refractivity contribution in [1.29, 1.82) is 0 Å². The molecule has 0 amide bonds. The van der Waals surface area contributed by atoms with Crippen LogP contribution in [-0.2, 0) is 6.42 Å². The van der Waals surface area contributed by atoms with Gasteiger partial charge in [-0.2, -0.15) is 0 Å². The summed E-state index contributed by atoms with van der Waals surface area (Å²) in [6.45, 7) is 2.23. The molecule has 2 aromatic carbocycles. The lowest BCUT2D eigenvalue weighted by Gasteiger charge is -2.27. The zero-order valence-corrected chi connectivity index (χ0v) is 16.3. The molecule has 0 saturated heterocycles. The maximum absolute atomic E-state index is 14.4. The van der Waals surface area contributed by atoms with Crippen molar-refractivity contribution >= 4 is 5.97 Å². The molecule has 0 radical (unpaired) electrons. The SMILES string of the molecule is CCC1CCC(CCc2ccc(C(=O)Oc3cc(F)c(F)c(F)c3)c(F)c2)CC1. The first-order chi connectivity index (χ1) is 13.9. The van der Waals surface area contributed by atoms with Crippen molar-refractivity contribution < 1.29 is 27.1 Å². The highest BCUT2D eigenvalue weighted by molar-refractivity contribution is 5.91. The van der Waals surface area contributed by atoms with Crippen LogP contribution in [0.2, 0.25) is 0 Å². The summed E-state index contributed by atoms with van der Waals surface area (Å²) in [6.07, 6.45) is 7.85. The molecule has 0 aliphatic heterocycles. The molecular weight excluding hydrogens is 384 g/mol. The number of aryl methyl sites for hydroxylation is 1. The minimum absolute atomic E-state index is 0.345. The molecule has 1 aliphatic carbocycles. The summed E-state index contributed by atoms with van der Waals surface area (Å²) in [5, 5.41) is 0. The molecule has 0 N–H and O–H groups in total. The lowest BCUT2D eigenvalue weighted by molar-refractivity contribution is 0.0728. The van der Waals surface area contributed by atoms with Gasteiger partial charge in [0.1, 0.15) is 11.6 Å². The molecule has 29 heavy (non-hydrogen) atoms. The van der Waals surface area contributed by atoms with Crippen LogP contribution in [0, 0.1) is 35.1 Å². The van der Waals surface area contributed by atoms with Crippen molar-refractivity contribution in [3.05, 3.63) is 64.7 Å². The number of rotatable bonds is 6. The van der Waals surface area contributed by atoms with Gasteiger partial charge in [-0.1, -0.05) is 45.1 Å². The molecule has 6 heteroatoms. The summed E-state index contributed by atoms with van der Waals surface area (Å²) in [7, 11) is 0. The Hall–Kier alpha value is -2.37. The second kappa shape index (κ2) is 9.42. The molecular formula is C23H24F4O2. The summed E-state index contributed by atoms with van der Waals surface area (Å²) >= 11 is 0. The highest BCUT2D eigenvalue weighted by Crippen LogP contribution is 2.33. The quantitative estimate of drug-likeness (QED) is 0.233. The normalized spacial score (nSPS) is 19.2. The third-order valence-corrected chi connectivity index (χ3v) is 5.81. The van der Waals surface area contributed by atoms with E-state index in [9.17, 15) is 22.4 Å². The number of carbonyl (C=O) groups excluding carboxylic acids is 1. The Morgan fingerprint density at radius 1 is 0.931 bits per heavy atom. The molecule has 3 rings (SSSR count). The molecule has 156 valence electrons. The highest BCUT2D eigenvalue weighted by atomic mass is 19.2. The van der Waals surface area contributed by atoms with Gasteiger partial charge >= 0.3 is 5.97 Å². The number of benzene rings is 2. The van der Waals surface area contributed by atoms with Crippen molar-refractivity contribution in [3.63, 3.8) is 0 Å². The fraction of sp³-hybridized carbons (Fsp3) is 0.435. The second-order valence-corrected chi connectivity index (χ2v) is 7.74. The van der Waals surface area contributed by atoms with Gasteiger partial charge in [0.2, 0.25) is 0 Å². The van der Waals surface area contributed by atoms with Crippen molar-refractivity contribution in [2.45, 2.75) is 51.9 Å². The average molecular weight is 408 g/mol. The summed E-state index contributed by atoms with van der Waals surface area (Å²) in [5.74, 6) is -5.55. The molecule has 0 atom stereocenters. The van der Waals surface area contributed by atoms with Gasteiger partial charge in [0, 0.05) is 12.1 Å². The topological polar surface area (TPSA) is 26.3 Å². The van der Waals surface area contributed by atoms with Gasteiger partial charge in [-0.15, -0.1) is 0 Å². The molecule has 0 spiro atoms. The van der Waals surface area contributed by atoms with E-state index >= 15 is 0 Å². The fourth-order valence-electron chi connectivity index (χ4n) is 3.93. The number of esters is 1. The Morgan fingerprint density at radius 2 is 1.55 bits per heavy atom. The molecule has 0 bridgehead atoms. The van der Waals surface area contributed by atoms with Crippen LogP contribution < -0.4 is 4.74 Å². The van der Waals surface area contributed by atoms with Crippen molar-refractivity contribution in [1.82, 2.24) is 0 Å². The molecule has 1 fully saturated rings. The number of halogens is 4. The number of carbonyl (C=O) groups is 1. The van der Waals surface area contributed by atoms with Gasteiger partial charge in [-0.3, -0.25) is 0 Å². The van der Waals surface area contributed by atoms with Gasteiger partial charge in [-0.05, 0) is 42.4 Å². The maximum Gasteiger partial charge on any atom is 0.346 e. The van der Waals surface area contributed by atoms with E-state index in [0.717, 1.165) is 24.3 Å². The first kappa shape index (κ1) is 21.3. The van der Waals surface area contributed by atoms with Crippen LogP contribution in [-0.4, -0.2) is 5.97 Å². The zero-order valence-electron chi connectivity index (χ0n) is 16.3. The van der Waals surface area contributed by atoms with E-state index in [1.54, 1.807) is 6.07 Å². The van der Waals surface area contributed by atoms with Crippen LogP contribution in [0.3, 0.4) is 0 Å². The average Bonchev–Trinajstić information content (AvgIpc) is 2.70. The molecule has 2 nitrogen and oxygen atoms in total. The summed E-state index contributed by atoms with van der Waals surface area (Å²) in [4.78, 5) is 12.1. The zero-order chi connectivity index (χ0) is 21.0. The van der Waals surface area contributed by atoms with E-state index in [1.165, 1.54) is 44.2 Å². The second-order valence-electron chi connectivity index (χ2n) is 7.74. The Morgan fingerprint density at radius 3 is 2.14 bits per heavy atom. The Labute approximate surface area is 167 Å². The van der Waals surface area contributed by atoms with Crippen molar-refractivity contribution in [2.75, 3.05) is 0 Å². The largest absolute Gasteiger partial charge is 0.423 e. The first-order valence-electron chi connectivity index (χ1n) is 10.0. The highest BCUT2D eigenvalue weighted by Gasteiger charge is 2.21. The van der Waals surface area contributed by atoms with Crippen LogP contribution in [0.4, 0.5) is 17.6 Å². The van der Waals surface area contributed by atoms with E-state index in [2.05, 4.69) is 6.92 Å². The third kappa shape index (κ3) is 5.37. The molecule has 1 aliphatic rings. The van der Waals surface area contributed by atoms with Gasteiger partial charge in [-0.25, -0.2) is 22.4 Å². The van der Waals surface area contributed by atoms with Crippen LogP contribution in [0.1, 0.15) is 61.4 Å². The molecule has 0 aromatic heterocycles. The van der Waals surface area contributed by atoms with E-state index in [1.807, 2.05) is 0 Å². The van der Waals surface area contributed by atoms with Gasteiger partial charge < -0.3 is 4.74 Å². The molecule has 2 aromatic rings. The maximum atomic E-state index is 14.4. The summed E-state index contributed by atoms with van der Waals surface area (Å²) < 4.78 is 58.6. The minimum Gasteiger partial charge on any atom is -0.423 e. The Bertz CT molecular complexity index is 850. The third-order valence-electron chi connectivity index (χ3n) is 5.81. The molecule has 0 unspecified atom stereocenters. The summed E-state index contributed by atoms with van der Waals surface area (Å²) in [6, 6.07) is 5.33. The van der Waals surface area contributed by atoms with Crippen molar-refractivity contribution in [2.24, 2.45) is 11.8 Å². The molecule has 1 saturated carbocycles. The van der Waals surface area contributed by atoms with E-state index in [4.69, 9.17) is 4.74 Å². The van der Waals surface area contributed by atoms with Crippen LogP contribution in [0.5, 0.6) is 5.75 Å². The van der Waals surface area contributed by atoms with Crippen LogP contribution in [0.15, 0.2) is 30.3 Å². The molecule has 0 heterocycles. The number of hydrogen-bond acceptors (Lipinski definition) is 2. The van der Waals surface area contributed by atoms with Crippen molar-refractivity contribution in [3.8, 4) is 5.75 Å². The predicted octanol–water partition coefficient (Wildman–Crippen LogP) is 6.61. The number of ether oxygens (including phenoxy) is 1. The first-order valence-corrected chi connectivity index (χ1v) is 10.0. The fourth-order valence-corrected chi connectivity index (χ4v) is 3.93. The summed E-state index contributed by atoms with van der Waals surface area (Å²) in [5.41, 5.74) is 0.442. The minimum atomic E-state index is -1.66.